The van der Waals surface area contributed by atoms with Gasteiger partial charge in [-0.2, -0.15) is 0 Å². The molecule has 6 heteroatoms. The third-order valence-electron chi connectivity index (χ3n) is 2.80. The lowest BCUT2D eigenvalue weighted by atomic mass is 10.1. The number of carbonyl (C=O) groups excluding carboxylic acids is 2. The topological polar surface area (TPSA) is 86.7 Å². The van der Waals surface area contributed by atoms with Crippen LogP contribution in [0.1, 0.15) is 24.2 Å². The lowest BCUT2D eigenvalue weighted by Crippen LogP contribution is -2.30. The summed E-state index contributed by atoms with van der Waals surface area (Å²) in [6, 6.07) is 6.52. The van der Waals surface area contributed by atoms with Gasteiger partial charge in [0.2, 0.25) is 5.91 Å². The molecule has 0 saturated carbocycles. The molecular weight excluding hydrogens is 272 g/mol. The molecule has 0 saturated heterocycles. The summed E-state index contributed by atoms with van der Waals surface area (Å²) in [6.45, 7) is 4.99. The molecule has 0 aromatic heterocycles. The van der Waals surface area contributed by atoms with Gasteiger partial charge in [-0.25, -0.2) is 4.79 Å². The van der Waals surface area contributed by atoms with E-state index in [1.54, 1.807) is 29.2 Å². The third kappa shape index (κ3) is 5.10. The highest BCUT2D eigenvalue weighted by Gasteiger charge is 2.12. The van der Waals surface area contributed by atoms with Crippen molar-refractivity contribution in [3.63, 3.8) is 0 Å². The Labute approximate surface area is 123 Å². The van der Waals surface area contributed by atoms with Crippen LogP contribution in [0.2, 0.25) is 0 Å². The van der Waals surface area contributed by atoms with Gasteiger partial charge in [-0.1, -0.05) is 6.07 Å². The number of hydrogen-bond donors (Lipinski definition) is 2. The molecule has 0 spiro atoms. The standard InChI is InChI=1S/C15H18N2O4/c1-3-17(4-2)15(21)11-6-5-7-12(10-11)16-13(18)8-9-14(19)20/h5-10H,3-4H2,1-2H3,(H,16,18)(H,19,20). The zero-order chi connectivity index (χ0) is 15.8. The van der Waals surface area contributed by atoms with E-state index in [-0.39, 0.29) is 5.91 Å². The molecule has 0 radical (unpaired) electrons. The molecule has 1 aromatic rings. The van der Waals surface area contributed by atoms with Crippen molar-refractivity contribution < 1.29 is 19.5 Å². The summed E-state index contributed by atoms with van der Waals surface area (Å²) < 4.78 is 0. The van der Waals surface area contributed by atoms with Crippen LogP contribution in [-0.4, -0.2) is 40.9 Å². The third-order valence-corrected chi connectivity index (χ3v) is 2.80. The number of carboxylic acids is 1. The van der Waals surface area contributed by atoms with Crippen LogP contribution in [-0.2, 0) is 9.59 Å². The van der Waals surface area contributed by atoms with E-state index in [0.29, 0.717) is 24.3 Å². The van der Waals surface area contributed by atoms with Gasteiger partial charge in [-0.3, -0.25) is 9.59 Å². The average Bonchev–Trinajstić information content (AvgIpc) is 2.46. The summed E-state index contributed by atoms with van der Waals surface area (Å²) in [4.78, 5) is 35.7. The molecular formula is C15H18N2O4. The van der Waals surface area contributed by atoms with E-state index in [1.807, 2.05) is 13.8 Å². The minimum atomic E-state index is -1.20. The Morgan fingerprint density at radius 1 is 1.19 bits per heavy atom. The number of nitrogens with one attached hydrogen (secondary N) is 1. The van der Waals surface area contributed by atoms with Crippen molar-refractivity contribution in [2.45, 2.75) is 13.8 Å². The van der Waals surface area contributed by atoms with Crippen LogP contribution in [0.5, 0.6) is 0 Å². The zero-order valence-corrected chi connectivity index (χ0v) is 12.0. The lowest BCUT2D eigenvalue weighted by molar-refractivity contribution is -0.131. The van der Waals surface area contributed by atoms with Crippen molar-refractivity contribution in [3.05, 3.63) is 42.0 Å². The van der Waals surface area contributed by atoms with Gasteiger partial charge in [0.15, 0.2) is 0 Å². The number of amides is 2. The Morgan fingerprint density at radius 3 is 2.43 bits per heavy atom. The summed E-state index contributed by atoms with van der Waals surface area (Å²) in [6.07, 6.45) is 1.67. The van der Waals surface area contributed by atoms with Gasteiger partial charge in [0.25, 0.3) is 5.91 Å². The molecule has 1 aromatic carbocycles. The number of anilines is 1. The van der Waals surface area contributed by atoms with Crippen molar-refractivity contribution in [1.29, 1.82) is 0 Å². The SMILES string of the molecule is CCN(CC)C(=O)c1cccc(NC(=O)C=CC(=O)O)c1. The second-order valence-electron chi connectivity index (χ2n) is 4.22. The highest BCUT2D eigenvalue weighted by molar-refractivity contribution is 6.03. The summed E-state index contributed by atoms with van der Waals surface area (Å²) in [5.41, 5.74) is 0.909. The zero-order valence-electron chi connectivity index (χ0n) is 12.0. The fraction of sp³-hybridized carbons (Fsp3) is 0.267. The van der Waals surface area contributed by atoms with Crippen molar-refractivity contribution in [1.82, 2.24) is 4.90 Å². The van der Waals surface area contributed by atoms with Crippen LogP contribution in [0, 0.1) is 0 Å². The number of carbonyl (C=O) groups is 3. The predicted molar refractivity (Wildman–Crippen MR) is 79.1 cm³/mol. The van der Waals surface area contributed by atoms with E-state index in [1.165, 1.54) is 0 Å². The van der Waals surface area contributed by atoms with Gasteiger partial charge >= 0.3 is 5.97 Å². The summed E-state index contributed by atoms with van der Waals surface area (Å²) in [5.74, 6) is -1.88. The van der Waals surface area contributed by atoms with Crippen molar-refractivity contribution in [3.8, 4) is 0 Å². The second-order valence-corrected chi connectivity index (χ2v) is 4.22. The molecule has 0 aliphatic rings. The molecule has 6 nitrogen and oxygen atoms in total. The van der Waals surface area contributed by atoms with Gasteiger partial charge in [0, 0.05) is 36.5 Å². The largest absolute Gasteiger partial charge is 0.478 e. The molecule has 0 unspecified atom stereocenters. The number of benzene rings is 1. The number of aliphatic carboxylic acids is 1. The average molecular weight is 290 g/mol. The smallest absolute Gasteiger partial charge is 0.328 e. The first-order chi connectivity index (χ1) is 9.97. The Kier molecular flexibility index (Phi) is 6.13. The highest BCUT2D eigenvalue weighted by atomic mass is 16.4. The monoisotopic (exact) mass is 290 g/mol. The van der Waals surface area contributed by atoms with E-state index in [2.05, 4.69) is 5.32 Å². The molecule has 0 aliphatic heterocycles. The fourth-order valence-corrected chi connectivity index (χ4v) is 1.75. The molecule has 0 heterocycles. The van der Waals surface area contributed by atoms with Gasteiger partial charge in [0.1, 0.15) is 0 Å². The molecule has 0 aliphatic carbocycles. The van der Waals surface area contributed by atoms with Crippen LogP contribution in [0.15, 0.2) is 36.4 Å². The normalized spacial score (nSPS) is 10.4. The Bertz CT molecular complexity index is 563. The maximum atomic E-state index is 12.2. The van der Waals surface area contributed by atoms with E-state index >= 15 is 0 Å². The van der Waals surface area contributed by atoms with E-state index in [4.69, 9.17) is 5.11 Å². The Morgan fingerprint density at radius 2 is 1.86 bits per heavy atom. The first-order valence-electron chi connectivity index (χ1n) is 6.59. The minimum absolute atomic E-state index is 0.114. The van der Waals surface area contributed by atoms with Crippen LogP contribution in [0.3, 0.4) is 0 Å². The van der Waals surface area contributed by atoms with E-state index < -0.39 is 11.9 Å². The molecule has 2 amide bonds. The molecule has 0 atom stereocenters. The maximum absolute atomic E-state index is 12.2. The number of rotatable bonds is 6. The fourth-order valence-electron chi connectivity index (χ4n) is 1.75. The van der Waals surface area contributed by atoms with Gasteiger partial charge in [0.05, 0.1) is 0 Å². The Hall–Kier alpha value is -2.63. The molecule has 21 heavy (non-hydrogen) atoms. The number of carboxylic acid groups (broad SMARTS) is 1. The first-order valence-corrected chi connectivity index (χ1v) is 6.59. The van der Waals surface area contributed by atoms with Gasteiger partial charge < -0.3 is 15.3 Å². The number of hydrogen-bond acceptors (Lipinski definition) is 3. The van der Waals surface area contributed by atoms with Crippen molar-refractivity contribution in [2.75, 3.05) is 18.4 Å². The Balaban J connectivity index is 2.83. The van der Waals surface area contributed by atoms with Crippen LogP contribution < -0.4 is 5.32 Å². The van der Waals surface area contributed by atoms with Crippen LogP contribution in [0.4, 0.5) is 5.69 Å². The molecule has 0 fully saturated rings. The summed E-state index contributed by atoms with van der Waals surface area (Å²) in [7, 11) is 0. The minimum Gasteiger partial charge on any atom is -0.478 e. The summed E-state index contributed by atoms with van der Waals surface area (Å²) >= 11 is 0. The van der Waals surface area contributed by atoms with Crippen molar-refractivity contribution in [2.24, 2.45) is 0 Å². The van der Waals surface area contributed by atoms with E-state index in [9.17, 15) is 14.4 Å². The molecule has 1 rings (SSSR count). The lowest BCUT2D eigenvalue weighted by Gasteiger charge is -2.18. The van der Waals surface area contributed by atoms with Crippen LogP contribution >= 0.6 is 0 Å². The first kappa shape index (κ1) is 16.4. The van der Waals surface area contributed by atoms with Gasteiger partial charge in [-0.05, 0) is 32.0 Å². The maximum Gasteiger partial charge on any atom is 0.328 e. The predicted octanol–water partition coefficient (Wildman–Crippen LogP) is 1.75. The van der Waals surface area contributed by atoms with Gasteiger partial charge in [-0.15, -0.1) is 0 Å². The van der Waals surface area contributed by atoms with E-state index in [0.717, 1.165) is 12.2 Å². The molecule has 2 N–H and O–H groups in total. The quantitative estimate of drug-likeness (QED) is 0.781. The second kappa shape index (κ2) is 7.84. The highest BCUT2D eigenvalue weighted by Crippen LogP contribution is 2.13. The molecule has 0 bridgehead atoms. The van der Waals surface area contributed by atoms with Crippen LogP contribution in [0.25, 0.3) is 0 Å². The molecule has 112 valence electrons. The summed E-state index contributed by atoms with van der Waals surface area (Å²) in [5, 5.41) is 11.0. The number of nitrogens with zero attached hydrogens (tertiary/aromatic N) is 1. The van der Waals surface area contributed by atoms with Crippen molar-refractivity contribution >= 4 is 23.5 Å².